The van der Waals surface area contributed by atoms with Crippen molar-refractivity contribution in [2.75, 3.05) is 13.7 Å². The minimum Gasteiger partial charge on any atom is -0.467 e. The molecule has 1 unspecified atom stereocenters. The predicted molar refractivity (Wildman–Crippen MR) is 90.9 cm³/mol. The Balaban J connectivity index is 2.92. The molecule has 1 aromatic carbocycles. The Kier molecular flexibility index (Phi) is 8.67. The number of ether oxygens (including phenoxy) is 2. The number of alkyl carbamates (subject to hydrolysis) is 1. The highest BCUT2D eigenvalue weighted by atomic mass is 32.2. The van der Waals surface area contributed by atoms with E-state index in [1.807, 2.05) is 6.92 Å². The van der Waals surface area contributed by atoms with Gasteiger partial charge in [0.15, 0.2) is 0 Å². The molecule has 13 heteroatoms. The van der Waals surface area contributed by atoms with Crippen molar-refractivity contribution in [2.45, 2.75) is 37.7 Å². The standard InChI is InChI=1S/C16H19F4NO7S/c1-3-4-7-27-15(23)21-13(14(22)26-2)8-10-5-6-11(9-12(10)17)28-29(24,25)16(18,19)20/h5-6,9,13H,3-4,7-8H2,1-2H3,(H,21,23). The molecule has 0 bridgehead atoms. The Hall–Kier alpha value is -2.57. The van der Waals surface area contributed by atoms with Crippen molar-refractivity contribution in [3.8, 4) is 5.75 Å². The Morgan fingerprint density at radius 2 is 1.90 bits per heavy atom. The summed E-state index contributed by atoms with van der Waals surface area (Å²) in [6, 6.07) is 0.743. The minimum atomic E-state index is -5.96. The molecule has 1 aromatic rings. The second-order valence-electron chi connectivity index (χ2n) is 5.65. The van der Waals surface area contributed by atoms with Gasteiger partial charge in [-0.2, -0.15) is 21.6 Å². The van der Waals surface area contributed by atoms with Crippen LogP contribution in [0.15, 0.2) is 18.2 Å². The maximum atomic E-state index is 14.2. The molecule has 0 aliphatic rings. The van der Waals surface area contributed by atoms with E-state index in [0.717, 1.165) is 25.7 Å². The minimum absolute atomic E-state index is 0.101. The highest BCUT2D eigenvalue weighted by Gasteiger charge is 2.48. The summed E-state index contributed by atoms with van der Waals surface area (Å²) < 4.78 is 86.2. The molecular formula is C16H19F4NO7S. The molecule has 0 radical (unpaired) electrons. The monoisotopic (exact) mass is 445 g/mol. The molecule has 0 aliphatic heterocycles. The van der Waals surface area contributed by atoms with Gasteiger partial charge in [-0.05, 0) is 18.1 Å². The Bertz CT molecular complexity index is 827. The topological polar surface area (TPSA) is 108 Å². The second-order valence-corrected chi connectivity index (χ2v) is 7.19. The number of unbranched alkanes of at least 4 members (excludes halogenated alkanes) is 1. The lowest BCUT2D eigenvalue weighted by Gasteiger charge is -2.17. The maximum absolute atomic E-state index is 14.2. The SMILES string of the molecule is CCCCOC(=O)NC(Cc1ccc(OS(=O)(=O)C(F)(F)F)cc1F)C(=O)OC. The molecule has 1 rings (SSSR count). The van der Waals surface area contributed by atoms with E-state index < -0.39 is 51.7 Å². The normalized spacial score (nSPS) is 12.8. The van der Waals surface area contributed by atoms with E-state index in [1.54, 1.807) is 0 Å². The summed E-state index contributed by atoms with van der Waals surface area (Å²) in [5, 5.41) is 2.20. The van der Waals surface area contributed by atoms with Gasteiger partial charge in [0.2, 0.25) is 0 Å². The summed E-state index contributed by atoms with van der Waals surface area (Å²) >= 11 is 0. The van der Waals surface area contributed by atoms with Crippen LogP contribution in [0.4, 0.5) is 22.4 Å². The smallest absolute Gasteiger partial charge is 0.467 e. The fourth-order valence-corrected chi connectivity index (χ4v) is 2.42. The quantitative estimate of drug-likeness (QED) is 0.205. The molecule has 8 nitrogen and oxygen atoms in total. The van der Waals surface area contributed by atoms with Gasteiger partial charge in [-0.25, -0.2) is 14.0 Å². The van der Waals surface area contributed by atoms with Crippen LogP contribution in [-0.4, -0.2) is 45.7 Å². The van der Waals surface area contributed by atoms with E-state index in [2.05, 4.69) is 14.2 Å². The Morgan fingerprint density at radius 3 is 2.41 bits per heavy atom. The van der Waals surface area contributed by atoms with Gasteiger partial charge in [0.1, 0.15) is 17.6 Å². The largest absolute Gasteiger partial charge is 0.534 e. The molecule has 0 spiro atoms. The van der Waals surface area contributed by atoms with E-state index in [0.29, 0.717) is 12.5 Å². The van der Waals surface area contributed by atoms with Gasteiger partial charge in [-0.3, -0.25) is 0 Å². The number of nitrogens with one attached hydrogen (secondary N) is 1. The first-order valence-electron chi connectivity index (χ1n) is 8.21. The molecule has 0 fully saturated rings. The van der Waals surface area contributed by atoms with E-state index in [-0.39, 0.29) is 12.2 Å². The number of halogens is 4. The van der Waals surface area contributed by atoms with Crippen LogP contribution in [0.5, 0.6) is 5.75 Å². The fraction of sp³-hybridized carbons (Fsp3) is 0.500. The summed E-state index contributed by atoms with van der Waals surface area (Å²) in [6.07, 6.45) is -0.0244. The molecule has 0 aliphatic carbocycles. The zero-order chi connectivity index (χ0) is 22.2. The van der Waals surface area contributed by atoms with Crippen LogP contribution in [0, 0.1) is 5.82 Å². The number of carbonyl (C=O) groups excluding carboxylic acids is 2. The Labute approximate surface area is 164 Å². The average molecular weight is 445 g/mol. The highest BCUT2D eigenvalue weighted by Crippen LogP contribution is 2.28. The number of rotatable bonds is 9. The fourth-order valence-electron chi connectivity index (χ4n) is 1.97. The number of hydrogen-bond donors (Lipinski definition) is 1. The summed E-state index contributed by atoms with van der Waals surface area (Å²) in [6.45, 7) is 1.97. The summed E-state index contributed by atoms with van der Waals surface area (Å²) in [4.78, 5) is 23.5. The average Bonchev–Trinajstić information content (AvgIpc) is 2.61. The molecule has 1 atom stereocenters. The molecule has 0 saturated heterocycles. The number of esters is 1. The number of benzene rings is 1. The number of carbonyl (C=O) groups is 2. The Morgan fingerprint density at radius 1 is 1.24 bits per heavy atom. The van der Waals surface area contributed by atoms with E-state index in [9.17, 15) is 35.6 Å². The first-order chi connectivity index (χ1) is 13.4. The third-order valence-electron chi connectivity index (χ3n) is 3.45. The molecule has 0 heterocycles. The van der Waals surface area contributed by atoms with Crippen molar-refractivity contribution >= 4 is 22.2 Å². The van der Waals surface area contributed by atoms with Crippen LogP contribution in [0.3, 0.4) is 0 Å². The van der Waals surface area contributed by atoms with Crippen molar-refractivity contribution < 1.29 is 49.2 Å². The van der Waals surface area contributed by atoms with Crippen molar-refractivity contribution in [1.29, 1.82) is 0 Å². The molecule has 164 valence electrons. The van der Waals surface area contributed by atoms with Crippen molar-refractivity contribution in [2.24, 2.45) is 0 Å². The zero-order valence-corrected chi connectivity index (χ0v) is 16.2. The van der Waals surface area contributed by atoms with Gasteiger partial charge in [0, 0.05) is 12.5 Å². The van der Waals surface area contributed by atoms with Gasteiger partial charge in [-0.15, -0.1) is 0 Å². The van der Waals surface area contributed by atoms with Crippen LogP contribution in [0.2, 0.25) is 0 Å². The molecule has 1 N–H and O–H groups in total. The van der Waals surface area contributed by atoms with E-state index in [1.165, 1.54) is 0 Å². The third kappa shape index (κ3) is 7.40. The number of alkyl halides is 3. The van der Waals surface area contributed by atoms with Crippen LogP contribution in [-0.2, 0) is 30.8 Å². The number of methoxy groups -OCH3 is 1. The van der Waals surface area contributed by atoms with Gasteiger partial charge < -0.3 is 19.0 Å². The first kappa shape index (κ1) is 24.5. The molecular weight excluding hydrogens is 426 g/mol. The lowest BCUT2D eigenvalue weighted by atomic mass is 10.1. The van der Waals surface area contributed by atoms with E-state index >= 15 is 0 Å². The lowest BCUT2D eigenvalue weighted by Crippen LogP contribution is -2.43. The molecule has 1 amide bonds. The lowest BCUT2D eigenvalue weighted by molar-refractivity contribution is -0.143. The van der Waals surface area contributed by atoms with Crippen LogP contribution in [0.25, 0.3) is 0 Å². The van der Waals surface area contributed by atoms with Crippen molar-refractivity contribution in [3.63, 3.8) is 0 Å². The van der Waals surface area contributed by atoms with Crippen LogP contribution < -0.4 is 9.50 Å². The maximum Gasteiger partial charge on any atom is 0.534 e. The van der Waals surface area contributed by atoms with Crippen LogP contribution >= 0.6 is 0 Å². The van der Waals surface area contributed by atoms with Crippen LogP contribution in [0.1, 0.15) is 25.3 Å². The molecule has 0 saturated carbocycles. The molecule has 29 heavy (non-hydrogen) atoms. The van der Waals surface area contributed by atoms with Gasteiger partial charge >= 0.3 is 27.7 Å². The summed E-state index contributed by atoms with van der Waals surface area (Å²) in [7, 11) is -4.93. The first-order valence-corrected chi connectivity index (χ1v) is 9.62. The van der Waals surface area contributed by atoms with Gasteiger partial charge in [0.05, 0.1) is 13.7 Å². The zero-order valence-electron chi connectivity index (χ0n) is 15.4. The third-order valence-corrected chi connectivity index (χ3v) is 4.43. The molecule has 0 aromatic heterocycles. The van der Waals surface area contributed by atoms with Crippen molar-refractivity contribution in [3.05, 3.63) is 29.6 Å². The van der Waals surface area contributed by atoms with Gasteiger partial charge in [0.25, 0.3) is 0 Å². The van der Waals surface area contributed by atoms with Gasteiger partial charge in [-0.1, -0.05) is 19.4 Å². The summed E-state index contributed by atoms with van der Waals surface area (Å²) in [5.41, 5.74) is -5.90. The van der Waals surface area contributed by atoms with Crippen molar-refractivity contribution in [1.82, 2.24) is 5.32 Å². The predicted octanol–water partition coefficient (Wildman–Crippen LogP) is 2.66. The van der Waals surface area contributed by atoms with E-state index in [4.69, 9.17) is 4.74 Å². The number of hydrogen-bond acceptors (Lipinski definition) is 7. The summed E-state index contributed by atoms with van der Waals surface area (Å²) in [5.74, 6) is -2.99. The second kappa shape index (κ2) is 10.3. The highest BCUT2D eigenvalue weighted by molar-refractivity contribution is 7.88. The number of amides is 1.